The summed E-state index contributed by atoms with van der Waals surface area (Å²) in [6, 6.07) is 21.8. The number of carbonyl (C=O) groups is 2. The molecule has 0 aliphatic carbocycles. The molecule has 0 bridgehead atoms. The fourth-order valence-corrected chi connectivity index (χ4v) is 5.65. The largest absolute Gasteiger partial charge is 0.466 e. The Labute approximate surface area is 215 Å². The minimum Gasteiger partial charge on any atom is -0.466 e. The molecule has 3 aromatic heterocycles. The van der Waals surface area contributed by atoms with Crippen LogP contribution in [-0.2, 0) is 16.0 Å². The van der Waals surface area contributed by atoms with Gasteiger partial charge in [0.25, 0.3) is 5.91 Å². The number of ether oxygens (including phenoxy) is 1. The molecule has 0 unspecified atom stereocenters. The number of nitrogens with two attached hydrogens (primary N) is 1. The molecule has 0 spiro atoms. The summed E-state index contributed by atoms with van der Waals surface area (Å²) in [7, 11) is 0. The predicted octanol–water partition coefficient (Wildman–Crippen LogP) is 6.03. The number of thiazole rings is 1. The first kappa shape index (κ1) is 23.7. The molecule has 180 valence electrons. The Morgan fingerprint density at radius 2 is 1.69 bits per heavy atom. The number of hydrogen-bond donors (Lipinski definition) is 2. The normalized spacial score (nSPS) is 10.9. The lowest BCUT2D eigenvalue weighted by Gasteiger charge is -2.09. The summed E-state index contributed by atoms with van der Waals surface area (Å²) < 4.78 is 4.97. The van der Waals surface area contributed by atoms with Crippen molar-refractivity contribution < 1.29 is 14.3 Å². The Balaban J connectivity index is 1.52. The monoisotopic (exact) mass is 514 g/mol. The van der Waals surface area contributed by atoms with Gasteiger partial charge in [0.1, 0.15) is 9.71 Å². The van der Waals surface area contributed by atoms with Gasteiger partial charge in [-0.2, -0.15) is 0 Å². The summed E-state index contributed by atoms with van der Waals surface area (Å²) in [6.45, 7) is 2.07. The van der Waals surface area contributed by atoms with E-state index in [2.05, 4.69) is 10.3 Å². The summed E-state index contributed by atoms with van der Waals surface area (Å²) in [5.74, 6) is -0.700. The second-order valence-corrected chi connectivity index (χ2v) is 9.99. The summed E-state index contributed by atoms with van der Waals surface area (Å²) in [5.41, 5.74) is 10.6. The third-order valence-electron chi connectivity index (χ3n) is 5.46. The molecule has 1 amide bonds. The molecule has 7 nitrogen and oxygen atoms in total. The molecule has 0 fully saturated rings. The molecular weight excluding hydrogens is 492 g/mol. The molecule has 9 heteroatoms. The van der Waals surface area contributed by atoms with Crippen molar-refractivity contribution in [3.05, 3.63) is 82.7 Å². The number of nitrogen functional groups attached to an aromatic ring is 1. The van der Waals surface area contributed by atoms with E-state index in [0.29, 0.717) is 32.0 Å². The lowest BCUT2D eigenvalue weighted by Crippen LogP contribution is -2.11. The Hall–Kier alpha value is -4.08. The number of fused-ring (bicyclic) bond motifs is 1. The SMILES string of the molecule is CCOC(=O)Cc1cnc(NC(=O)c2sc3nc(-c4ccccc4)cc(-c4ccccc4)c3c2N)s1. The lowest BCUT2D eigenvalue weighted by atomic mass is 9.99. The van der Waals surface area contributed by atoms with E-state index in [-0.39, 0.29) is 18.3 Å². The summed E-state index contributed by atoms with van der Waals surface area (Å²) >= 11 is 2.47. The highest BCUT2D eigenvalue weighted by atomic mass is 32.1. The van der Waals surface area contributed by atoms with Gasteiger partial charge in [0, 0.05) is 22.0 Å². The predicted molar refractivity (Wildman–Crippen MR) is 145 cm³/mol. The van der Waals surface area contributed by atoms with Gasteiger partial charge in [-0.05, 0) is 24.1 Å². The zero-order chi connectivity index (χ0) is 25.1. The number of thiophene rings is 1. The van der Waals surface area contributed by atoms with E-state index in [1.807, 2.05) is 66.7 Å². The fourth-order valence-electron chi connectivity index (χ4n) is 3.85. The highest BCUT2D eigenvalue weighted by Gasteiger charge is 2.22. The van der Waals surface area contributed by atoms with Gasteiger partial charge in [0.15, 0.2) is 5.13 Å². The number of anilines is 2. The maximum Gasteiger partial charge on any atom is 0.311 e. The van der Waals surface area contributed by atoms with Crippen molar-refractivity contribution in [1.29, 1.82) is 0 Å². The van der Waals surface area contributed by atoms with E-state index >= 15 is 0 Å². The van der Waals surface area contributed by atoms with Gasteiger partial charge >= 0.3 is 5.97 Å². The molecule has 2 aromatic carbocycles. The fraction of sp³-hybridized carbons (Fsp3) is 0.111. The van der Waals surface area contributed by atoms with Crippen LogP contribution in [0.2, 0.25) is 0 Å². The third kappa shape index (κ3) is 4.84. The molecule has 3 N–H and O–H groups in total. The number of carbonyl (C=O) groups excluding carboxylic acids is 2. The van der Waals surface area contributed by atoms with Gasteiger partial charge in [-0.15, -0.1) is 22.7 Å². The number of rotatable bonds is 7. The minimum atomic E-state index is -0.368. The smallest absolute Gasteiger partial charge is 0.311 e. The van der Waals surface area contributed by atoms with Gasteiger partial charge in [-0.3, -0.25) is 14.9 Å². The Morgan fingerprint density at radius 3 is 2.39 bits per heavy atom. The van der Waals surface area contributed by atoms with Crippen LogP contribution < -0.4 is 11.1 Å². The van der Waals surface area contributed by atoms with E-state index in [1.54, 1.807) is 13.1 Å². The van der Waals surface area contributed by atoms with Gasteiger partial charge in [0.2, 0.25) is 0 Å². The van der Waals surface area contributed by atoms with E-state index in [9.17, 15) is 9.59 Å². The molecule has 0 aliphatic rings. The molecule has 3 heterocycles. The quantitative estimate of drug-likeness (QED) is 0.257. The van der Waals surface area contributed by atoms with E-state index in [4.69, 9.17) is 15.5 Å². The highest BCUT2D eigenvalue weighted by molar-refractivity contribution is 7.21. The van der Waals surface area contributed by atoms with Crippen molar-refractivity contribution in [2.75, 3.05) is 17.7 Å². The molecule has 0 radical (unpaired) electrons. The van der Waals surface area contributed by atoms with E-state index in [1.165, 1.54) is 22.7 Å². The maximum absolute atomic E-state index is 13.2. The second-order valence-electron chi connectivity index (χ2n) is 7.88. The van der Waals surface area contributed by atoms with E-state index < -0.39 is 0 Å². The molecule has 0 saturated carbocycles. The van der Waals surface area contributed by atoms with Crippen LogP contribution in [0.3, 0.4) is 0 Å². The Morgan fingerprint density at radius 1 is 1.00 bits per heavy atom. The summed E-state index contributed by atoms with van der Waals surface area (Å²) in [5, 5.41) is 3.94. The molecule has 36 heavy (non-hydrogen) atoms. The molecule has 5 aromatic rings. The van der Waals surface area contributed by atoms with E-state index in [0.717, 1.165) is 27.8 Å². The molecule has 5 rings (SSSR count). The molecule has 0 saturated heterocycles. The van der Waals surface area contributed by atoms with Crippen LogP contribution >= 0.6 is 22.7 Å². The highest BCUT2D eigenvalue weighted by Crippen LogP contribution is 2.41. The first-order chi connectivity index (χ1) is 17.5. The number of esters is 1. The van der Waals surface area contributed by atoms with Crippen molar-refractivity contribution in [1.82, 2.24) is 9.97 Å². The summed E-state index contributed by atoms with van der Waals surface area (Å²) in [4.78, 5) is 35.8. The number of nitrogens with one attached hydrogen (secondary N) is 1. The van der Waals surface area contributed by atoms with Gasteiger partial charge in [0.05, 0.1) is 24.4 Å². The van der Waals surface area contributed by atoms with Crippen LogP contribution in [0.5, 0.6) is 0 Å². The molecule has 0 atom stereocenters. The maximum atomic E-state index is 13.2. The average Bonchev–Trinajstić information content (AvgIpc) is 3.48. The standard InChI is InChI=1S/C27H22N4O3S2/c1-2-34-21(32)13-18-15-29-27(35-18)31-25(33)24-23(28)22-19(16-9-5-3-6-10-16)14-20(30-26(22)36-24)17-11-7-4-8-12-17/h3-12,14-15H,2,13,28H2,1H3,(H,29,31,33). The number of benzene rings is 2. The van der Waals surface area contributed by atoms with Crippen LogP contribution in [0.25, 0.3) is 32.6 Å². The Bertz CT molecular complexity index is 1550. The first-order valence-electron chi connectivity index (χ1n) is 11.3. The van der Waals surface area contributed by atoms with Crippen molar-refractivity contribution in [3.63, 3.8) is 0 Å². The van der Waals surface area contributed by atoms with Crippen LogP contribution in [0.4, 0.5) is 10.8 Å². The lowest BCUT2D eigenvalue weighted by molar-refractivity contribution is -0.142. The van der Waals surface area contributed by atoms with Crippen LogP contribution in [0, 0.1) is 0 Å². The zero-order valence-electron chi connectivity index (χ0n) is 19.4. The van der Waals surface area contributed by atoms with Crippen LogP contribution in [0.1, 0.15) is 21.5 Å². The molecular formula is C27H22N4O3S2. The number of aromatic nitrogens is 2. The Kier molecular flexibility index (Phi) is 6.75. The molecule has 0 aliphatic heterocycles. The number of amides is 1. The topological polar surface area (TPSA) is 107 Å². The third-order valence-corrected chi connectivity index (χ3v) is 7.47. The minimum absolute atomic E-state index is 0.110. The average molecular weight is 515 g/mol. The zero-order valence-corrected chi connectivity index (χ0v) is 21.0. The van der Waals surface area contributed by atoms with Crippen molar-refractivity contribution in [3.8, 4) is 22.4 Å². The van der Waals surface area contributed by atoms with Gasteiger partial charge < -0.3 is 10.5 Å². The number of hydrogen-bond acceptors (Lipinski definition) is 8. The second kappa shape index (κ2) is 10.3. The number of nitrogens with zero attached hydrogens (tertiary/aromatic N) is 2. The van der Waals surface area contributed by atoms with Crippen molar-refractivity contribution >= 4 is 55.6 Å². The van der Waals surface area contributed by atoms with Crippen LogP contribution in [0.15, 0.2) is 72.9 Å². The number of pyridine rings is 1. The first-order valence-corrected chi connectivity index (χ1v) is 12.9. The van der Waals surface area contributed by atoms with Crippen LogP contribution in [-0.4, -0.2) is 28.5 Å². The van der Waals surface area contributed by atoms with Gasteiger partial charge in [-0.25, -0.2) is 9.97 Å². The van der Waals surface area contributed by atoms with Crippen molar-refractivity contribution in [2.24, 2.45) is 0 Å². The van der Waals surface area contributed by atoms with Gasteiger partial charge in [-0.1, -0.05) is 60.7 Å². The van der Waals surface area contributed by atoms with Crippen molar-refractivity contribution in [2.45, 2.75) is 13.3 Å². The summed E-state index contributed by atoms with van der Waals surface area (Å²) in [6.07, 6.45) is 1.67.